The van der Waals surface area contributed by atoms with Crippen molar-refractivity contribution >= 4 is 5.91 Å². The van der Waals surface area contributed by atoms with Gasteiger partial charge in [0.1, 0.15) is 5.82 Å². The number of hydrogen-bond donors (Lipinski definition) is 1. The van der Waals surface area contributed by atoms with Crippen molar-refractivity contribution in [3.63, 3.8) is 0 Å². The van der Waals surface area contributed by atoms with Gasteiger partial charge >= 0.3 is 0 Å². The van der Waals surface area contributed by atoms with Gasteiger partial charge in [0, 0.05) is 0 Å². The van der Waals surface area contributed by atoms with Gasteiger partial charge < -0.3 is 5.32 Å². The second-order valence-corrected chi connectivity index (χ2v) is 5.15. The number of benzene rings is 2. The van der Waals surface area contributed by atoms with E-state index in [1.165, 1.54) is 6.07 Å². The molecule has 0 aliphatic heterocycles. The molecule has 0 spiro atoms. The lowest BCUT2D eigenvalue weighted by molar-refractivity contribution is -0.121. The zero-order valence-electron chi connectivity index (χ0n) is 12.4. The maximum Gasteiger partial charge on any atom is 0.225 e. The third kappa shape index (κ3) is 3.91. The Morgan fingerprint density at radius 2 is 1.81 bits per heavy atom. The Hall–Kier alpha value is -2.16. The van der Waals surface area contributed by atoms with Crippen LogP contribution < -0.4 is 5.32 Å². The minimum Gasteiger partial charge on any atom is -0.349 e. The van der Waals surface area contributed by atoms with Crippen LogP contribution in [0, 0.1) is 12.7 Å². The molecule has 2 nitrogen and oxygen atoms in total. The molecule has 0 heterocycles. The smallest absolute Gasteiger partial charge is 0.225 e. The lowest BCUT2D eigenvalue weighted by Gasteiger charge is -2.19. The molecule has 21 heavy (non-hydrogen) atoms. The van der Waals surface area contributed by atoms with Crippen molar-refractivity contribution in [1.82, 2.24) is 5.32 Å². The molecule has 1 amide bonds. The summed E-state index contributed by atoms with van der Waals surface area (Å²) in [6.45, 7) is 4.06. The van der Waals surface area contributed by atoms with Gasteiger partial charge in [0.2, 0.25) is 5.91 Å². The van der Waals surface area contributed by atoms with Crippen LogP contribution in [0.5, 0.6) is 0 Å². The van der Waals surface area contributed by atoms with Crippen LogP contribution in [0.3, 0.4) is 0 Å². The Labute approximate surface area is 125 Å². The van der Waals surface area contributed by atoms with Gasteiger partial charge in [0.15, 0.2) is 0 Å². The molecule has 0 aliphatic carbocycles. The topological polar surface area (TPSA) is 29.1 Å². The summed E-state index contributed by atoms with van der Waals surface area (Å²) in [5.74, 6) is -0.494. The Balaban J connectivity index is 2.07. The molecular weight excluding hydrogens is 265 g/mol. The largest absolute Gasteiger partial charge is 0.349 e. The van der Waals surface area contributed by atoms with Gasteiger partial charge in [-0.05, 0) is 36.1 Å². The molecule has 0 saturated heterocycles. The predicted molar refractivity (Wildman–Crippen MR) is 82.5 cm³/mol. The minimum absolute atomic E-state index is 0.0366. The normalized spacial score (nSPS) is 12.0. The number of halogens is 1. The maximum absolute atomic E-state index is 13.6. The average Bonchev–Trinajstić information content (AvgIpc) is 2.48. The highest BCUT2D eigenvalue weighted by Gasteiger charge is 2.15. The standard InChI is InChI=1S/C18H20FNO/c1-3-17(15-10-6-4-8-13(15)2)20-18(21)12-14-9-5-7-11-16(14)19/h4-11,17H,3,12H2,1-2H3,(H,20,21)/t17-/m1/s1. The van der Waals surface area contributed by atoms with E-state index in [0.717, 1.165) is 17.5 Å². The lowest BCUT2D eigenvalue weighted by Crippen LogP contribution is -2.30. The van der Waals surface area contributed by atoms with Crippen LogP contribution in [0.2, 0.25) is 0 Å². The van der Waals surface area contributed by atoms with Crippen molar-refractivity contribution < 1.29 is 9.18 Å². The summed E-state index contributed by atoms with van der Waals surface area (Å²) >= 11 is 0. The van der Waals surface area contributed by atoms with Crippen LogP contribution >= 0.6 is 0 Å². The fourth-order valence-corrected chi connectivity index (χ4v) is 2.44. The summed E-state index contributed by atoms with van der Waals surface area (Å²) in [7, 11) is 0. The Morgan fingerprint density at radius 1 is 1.14 bits per heavy atom. The van der Waals surface area contributed by atoms with E-state index in [-0.39, 0.29) is 24.2 Å². The van der Waals surface area contributed by atoms with Gasteiger partial charge in [0.25, 0.3) is 0 Å². The van der Waals surface area contributed by atoms with E-state index in [1.54, 1.807) is 18.2 Å². The van der Waals surface area contributed by atoms with Crippen LogP contribution in [-0.2, 0) is 11.2 Å². The molecular formula is C18H20FNO. The van der Waals surface area contributed by atoms with Crippen molar-refractivity contribution in [3.05, 3.63) is 71.0 Å². The van der Waals surface area contributed by atoms with Gasteiger partial charge in [-0.1, -0.05) is 49.4 Å². The SMILES string of the molecule is CC[C@@H](NC(=O)Cc1ccccc1F)c1ccccc1C. The third-order valence-corrected chi connectivity index (χ3v) is 3.62. The number of hydrogen-bond acceptors (Lipinski definition) is 1. The van der Waals surface area contributed by atoms with Crippen LogP contribution in [0.15, 0.2) is 48.5 Å². The minimum atomic E-state index is -0.336. The number of carbonyl (C=O) groups is 1. The molecule has 0 bridgehead atoms. The zero-order chi connectivity index (χ0) is 15.2. The van der Waals surface area contributed by atoms with Gasteiger partial charge in [-0.15, -0.1) is 0 Å². The first-order valence-corrected chi connectivity index (χ1v) is 7.20. The molecule has 0 unspecified atom stereocenters. The van der Waals surface area contributed by atoms with Crippen molar-refractivity contribution in [2.45, 2.75) is 32.7 Å². The van der Waals surface area contributed by atoms with Gasteiger partial charge in [-0.3, -0.25) is 4.79 Å². The van der Waals surface area contributed by atoms with Crippen LogP contribution in [0.25, 0.3) is 0 Å². The fraction of sp³-hybridized carbons (Fsp3) is 0.278. The highest BCUT2D eigenvalue weighted by atomic mass is 19.1. The first-order chi connectivity index (χ1) is 10.1. The van der Waals surface area contributed by atoms with Crippen molar-refractivity contribution in [2.75, 3.05) is 0 Å². The van der Waals surface area contributed by atoms with E-state index < -0.39 is 0 Å². The summed E-state index contributed by atoms with van der Waals surface area (Å²) in [6, 6.07) is 14.3. The summed E-state index contributed by atoms with van der Waals surface area (Å²) in [4.78, 5) is 12.1. The Bertz CT molecular complexity index is 624. The van der Waals surface area contributed by atoms with Gasteiger partial charge in [0.05, 0.1) is 12.5 Å². The van der Waals surface area contributed by atoms with Crippen molar-refractivity contribution in [2.24, 2.45) is 0 Å². The molecule has 1 atom stereocenters. The molecule has 1 N–H and O–H groups in total. The van der Waals surface area contributed by atoms with Crippen molar-refractivity contribution in [3.8, 4) is 0 Å². The van der Waals surface area contributed by atoms with Gasteiger partial charge in [-0.25, -0.2) is 4.39 Å². The van der Waals surface area contributed by atoms with E-state index in [9.17, 15) is 9.18 Å². The predicted octanol–water partition coefficient (Wildman–Crippen LogP) is 3.94. The molecule has 0 aromatic heterocycles. The van der Waals surface area contributed by atoms with Crippen molar-refractivity contribution in [1.29, 1.82) is 0 Å². The fourth-order valence-electron chi connectivity index (χ4n) is 2.44. The number of nitrogens with one attached hydrogen (secondary N) is 1. The second kappa shape index (κ2) is 7.02. The average molecular weight is 285 g/mol. The summed E-state index contributed by atoms with van der Waals surface area (Å²) in [6.07, 6.45) is 0.864. The van der Waals surface area contributed by atoms with E-state index in [2.05, 4.69) is 5.32 Å². The Morgan fingerprint density at radius 3 is 2.48 bits per heavy atom. The molecule has 0 radical (unpaired) electrons. The number of carbonyl (C=O) groups excluding carboxylic acids is 1. The highest BCUT2D eigenvalue weighted by Crippen LogP contribution is 2.20. The first-order valence-electron chi connectivity index (χ1n) is 7.20. The number of aryl methyl sites for hydroxylation is 1. The maximum atomic E-state index is 13.6. The van der Waals surface area contributed by atoms with E-state index in [4.69, 9.17) is 0 Å². The Kier molecular flexibility index (Phi) is 5.09. The molecule has 0 fully saturated rings. The monoisotopic (exact) mass is 285 g/mol. The van der Waals surface area contributed by atoms with E-state index in [1.807, 2.05) is 38.1 Å². The van der Waals surface area contributed by atoms with E-state index in [0.29, 0.717) is 5.56 Å². The lowest BCUT2D eigenvalue weighted by atomic mass is 9.99. The summed E-state index contributed by atoms with van der Waals surface area (Å²) in [5.41, 5.74) is 2.69. The molecule has 3 heteroatoms. The van der Waals surface area contributed by atoms with Crippen LogP contribution in [-0.4, -0.2) is 5.91 Å². The molecule has 110 valence electrons. The van der Waals surface area contributed by atoms with E-state index >= 15 is 0 Å². The quantitative estimate of drug-likeness (QED) is 0.885. The number of amides is 1. The molecule has 2 rings (SSSR count). The van der Waals surface area contributed by atoms with Gasteiger partial charge in [-0.2, -0.15) is 0 Å². The third-order valence-electron chi connectivity index (χ3n) is 3.62. The molecule has 2 aromatic rings. The van der Waals surface area contributed by atoms with Crippen LogP contribution in [0.1, 0.15) is 36.1 Å². The van der Waals surface area contributed by atoms with Crippen LogP contribution in [0.4, 0.5) is 4.39 Å². The molecule has 2 aromatic carbocycles. The number of rotatable bonds is 5. The highest BCUT2D eigenvalue weighted by molar-refractivity contribution is 5.79. The zero-order valence-corrected chi connectivity index (χ0v) is 12.4. The second-order valence-electron chi connectivity index (χ2n) is 5.15. The summed E-state index contributed by atoms with van der Waals surface area (Å²) < 4.78 is 13.6. The summed E-state index contributed by atoms with van der Waals surface area (Å²) in [5, 5.41) is 2.99. The first kappa shape index (κ1) is 15.2. The molecule has 0 saturated carbocycles. The molecule has 0 aliphatic rings.